The summed E-state index contributed by atoms with van der Waals surface area (Å²) in [6.07, 6.45) is 0.670. The highest BCUT2D eigenvalue weighted by atomic mass is 32.2. The second-order valence-electron chi connectivity index (χ2n) is 6.76. The second kappa shape index (κ2) is 7.74. The van der Waals surface area contributed by atoms with Crippen LogP contribution in [0.1, 0.15) is 50.7 Å². The minimum Gasteiger partial charge on any atom is -0.492 e. The molecule has 0 aliphatic carbocycles. The fourth-order valence-corrected chi connectivity index (χ4v) is 4.87. The summed E-state index contributed by atoms with van der Waals surface area (Å²) in [4.78, 5) is 11.3. The van der Waals surface area contributed by atoms with Gasteiger partial charge in [-0.05, 0) is 55.9 Å². The van der Waals surface area contributed by atoms with Crippen molar-refractivity contribution in [3.8, 4) is 5.75 Å². The maximum absolute atomic E-state index is 13.1. The summed E-state index contributed by atoms with van der Waals surface area (Å²) < 4.78 is 33.3. The number of carboxylic acids is 1. The standard InChI is InChI=1S/C18H27NO5S/c1-5-24-16-10-13(4)15(12(2)3)11-17(16)25(22,23)19-8-6-14(7-9-19)18(20)21/h10-12,14H,5-9H2,1-4H3,(H,20,21). The summed E-state index contributed by atoms with van der Waals surface area (Å²) in [6, 6.07) is 3.50. The van der Waals surface area contributed by atoms with Crippen LogP contribution in [-0.2, 0) is 14.8 Å². The van der Waals surface area contributed by atoms with E-state index < -0.39 is 21.9 Å². The minimum atomic E-state index is -3.72. The molecule has 0 spiro atoms. The molecule has 0 saturated carbocycles. The van der Waals surface area contributed by atoms with Gasteiger partial charge in [-0.25, -0.2) is 8.42 Å². The number of hydrogen-bond acceptors (Lipinski definition) is 4. The first kappa shape index (κ1) is 19.7. The van der Waals surface area contributed by atoms with Crippen molar-refractivity contribution < 1.29 is 23.1 Å². The van der Waals surface area contributed by atoms with Crippen LogP contribution < -0.4 is 4.74 Å². The number of piperidine rings is 1. The van der Waals surface area contributed by atoms with Gasteiger partial charge in [-0.2, -0.15) is 4.31 Å². The lowest BCUT2D eigenvalue weighted by molar-refractivity contribution is -0.142. The maximum atomic E-state index is 13.1. The van der Waals surface area contributed by atoms with Crippen LogP contribution in [0.4, 0.5) is 0 Å². The van der Waals surface area contributed by atoms with Crippen LogP contribution in [0, 0.1) is 12.8 Å². The quantitative estimate of drug-likeness (QED) is 0.833. The lowest BCUT2D eigenvalue weighted by Crippen LogP contribution is -2.40. The number of rotatable bonds is 6. The Morgan fingerprint density at radius 1 is 1.32 bits per heavy atom. The van der Waals surface area contributed by atoms with Gasteiger partial charge < -0.3 is 9.84 Å². The lowest BCUT2D eigenvalue weighted by atomic mass is 9.98. The van der Waals surface area contributed by atoms with Gasteiger partial charge in [0.15, 0.2) is 0 Å². The third-order valence-electron chi connectivity index (χ3n) is 4.68. The molecule has 0 bridgehead atoms. The molecule has 25 heavy (non-hydrogen) atoms. The van der Waals surface area contributed by atoms with E-state index in [-0.39, 0.29) is 23.9 Å². The summed E-state index contributed by atoms with van der Waals surface area (Å²) in [7, 11) is -3.72. The Morgan fingerprint density at radius 3 is 2.40 bits per heavy atom. The molecular formula is C18H27NO5S. The van der Waals surface area contributed by atoms with E-state index in [1.54, 1.807) is 12.1 Å². The van der Waals surface area contributed by atoms with Crippen LogP contribution in [0.15, 0.2) is 17.0 Å². The Labute approximate surface area is 149 Å². The molecule has 1 saturated heterocycles. The molecule has 1 aliphatic rings. The molecule has 0 aromatic heterocycles. The number of aryl methyl sites for hydroxylation is 1. The second-order valence-corrected chi connectivity index (χ2v) is 8.67. The van der Waals surface area contributed by atoms with E-state index in [0.29, 0.717) is 25.2 Å². The molecule has 6 nitrogen and oxygen atoms in total. The van der Waals surface area contributed by atoms with Gasteiger partial charge in [-0.1, -0.05) is 13.8 Å². The van der Waals surface area contributed by atoms with Gasteiger partial charge in [-0.15, -0.1) is 0 Å². The van der Waals surface area contributed by atoms with E-state index >= 15 is 0 Å². The fraction of sp³-hybridized carbons (Fsp3) is 0.611. The van der Waals surface area contributed by atoms with Crippen molar-refractivity contribution in [2.45, 2.75) is 51.3 Å². The number of carboxylic acid groups (broad SMARTS) is 1. The van der Waals surface area contributed by atoms with Gasteiger partial charge >= 0.3 is 5.97 Å². The smallest absolute Gasteiger partial charge is 0.306 e. The van der Waals surface area contributed by atoms with Crippen molar-refractivity contribution in [1.29, 1.82) is 0 Å². The molecule has 0 atom stereocenters. The van der Waals surface area contributed by atoms with Crippen molar-refractivity contribution in [2.24, 2.45) is 5.92 Å². The molecule has 1 heterocycles. The first-order chi connectivity index (χ1) is 11.7. The van der Waals surface area contributed by atoms with E-state index in [9.17, 15) is 13.2 Å². The van der Waals surface area contributed by atoms with E-state index in [2.05, 4.69) is 0 Å². The Bertz CT molecular complexity index is 734. The number of nitrogens with zero attached hydrogens (tertiary/aromatic N) is 1. The lowest BCUT2D eigenvalue weighted by Gasteiger charge is -2.30. The number of carbonyl (C=O) groups is 1. The van der Waals surface area contributed by atoms with Crippen molar-refractivity contribution >= 4 is 16.0 Å². The number of aliphatic carboxylic acids is 1. The Hall–Kier alpha value is -1.60. The Balaban J connectivity index is 2.41. The fourth-order valence-electron chi connectivity index (χ4n) is 3.25. The van der Waals surface area contributed by atoms with Gasteiger partial charge in [0.05, 0.1) is 12.5 Å². The van der Waals surface area contributed by atoms with Gasteiger partial charge in [0.25, 0.3) is 0 Å². The number of hydrogen-bond donors (Lipinski definition) is 1. The average molecular weight is 369 g/mol. The van der Waals surface area contributed by atoms with Crippen molar-refractivity contribution in [3.63, 3.8) is 0 Å². The molecule has 7 heteroatoms. The molecule has 0 unspecified atom stereocenters. The number of benzene rings is 1. The summed E-state index contributed by atoms with van der Waals surface area (Å²) in [5, 5.41) is 9.10. The van der Waals surface area contributed by atoms with Crippen molar-refractivity contribution in [3.05, 3.63) is 23.3 Å². The third kappa shape index (κ3) is 4.15. The first-order valence-electron chi connectivity index (χ1n) is 8.68. The molecule has 1 aliphatic heterocycles. The van der Waals surface area contributed by atoms with E-state index in [1.165, 1.54) is 4.31 Å². The average Bonchev–Trinajstić information content (AvgIpc) is 2.54. The number of ether oxygens (including phenoxy) is 1. The van der Waals surface area contributed by atoms with Gasteiger partial charge in [0, 0.05) is 13.1 Å². The first-order valence-corrected chi connectivity index (χ1v) is 10.1. The Kier molecular flexibility index (Phi) is 6.11. The van der Waals surface area contributed by atoms with E-state index in [4.69, 9.17) is 9.84 Å². The molecule has 2 rings (SSSR count). The molecule has 0 amide bonds. The van der Waals surface area contributed by atoms with Crippen LogP contribution >= 0.6 is 0 Å². The highest BCUT2D eigenvalue weighted by Gasteiger charge is 2.34. The van der Waals surface area contributed by atoms with E-state index in [0.717, 1.165) is 11.1 Å². The zero-order valence-corrected chi connectivity index (χ0v) is 16.1. The zero-order chi connectivity index (χ0) is 18.8. The minimum absolute atomic E-state index is 0.178. The molecule has 1 aromatic carbocycles. The van der Waals surface area contributed by atoms with E-state index in [1.807, 2.05) is 27.7 Å². The molecule has 1 fully saturated rings. The van der Waals surface area contributed by atoms with Crippen molar-refractivity contribution in [2.75, 3.05) is 19.7 Å². The van der Waals surface area contributed by atoms with Crippen LogP contribution in [0.25, 0.3) is 0 Å². The van der Waals surface area contributed by atoms with Gasteiger partial charge in [0.2, 0.25) is 10.0 Å². The molecule has 1 aromatic rings. The molecule has 1 N–H and O–H groups in total. The predicted octanol–water partition coefficient (Wildman–Crippen LogP) is 3.00. The van der Waals surface area contributed by atoms with Crippen LogP contribution in [-0.4, -0.2) is 43.5 Å². The topological polar surface area (TPSA) is 83.9 Å². The highest BCUT2D eigenvalue weighted by Crippen LogP contribution is 2.34. The van der Waals surface area contributed by atoms with Gasteiger partial charge in [-0.3, -0.25) is 4.79 Å². The van der Waals surface area contributed by atoms with Gasteiger partial charge in [0.1, 0.15) is 10.6 Å². The maximum Gasteiger partial charge on any atom is 0.306 e. The summed E-state index contributed by atoms with van der Waals surface area (Å²) in [6.45, 7) is 8.64. The van der Waals surface area contributed by atoms with Crippen LogP contribution in [0.3, 0.4) is 0 Å². The Morgan fingerprint density at radius 2 is 1.92 bits per heavy atom. The number of sulfonamides is 1. The summed E-state index contributed by atoms with van der Waals surface area (Å²) in [5.41, 5.74) is 1.98. The molecule has 0 radical (unpaired) electrons. The predicted molar refractivity (Wildman–Crippen MR) is 95.6 cm³/mol. The molecular weight excluding hydrogens is 342 g/mol. The molecule has 140 valence electrons. The highest BCUT2D eigenvalue weighted by molar-refractivity contribution is 7.89. The zero-order valence-electron chi connectivity index (χ0n) is 15.3. The SMILES string of the molecule is CCOc1cc(C)c(C(C)C)cc1S(=O)(=O)N1CCC(C(=O)O)CC1. The van der Waals surface area contributed by atoms with Crippen LogP contribution in [0.5, 0.6) is 5.75 Å². The van der Waals surface area contributed by atoms with Crippen molar-refractivity contribution in [1.82, 2.24) is 4.31 Å². The summed E-state index contributed by atoms with van der Waals surface area (Å²) >= 11 is 0. The summed E-state index contributed by atoms with van der Waals surface area (Å²) in [5.74, 6) is -0.765. The van der Waals surface area contributed by atoms with Crippen LogP contribution in [0.2, 0.25) is 0 Å². The largest absolute Gasteiger partial charge is 0.492 e. The third-order valence-corrected chi connectivity index (χ3v) is 6.60. The monoisotopic (exact) mass is 369 g/mol. The normalized spacial score (nSPS) is 17.0.